The average molecular weight is 314 g/mol. The van der Waals surface area contributed by atoms with Crippen molar-refractivity contribution >= 4 is 35.1 Å². The summed E-state index contributed by atoms with van der Waals surface area (Å²) in [5.41, 5.74) is 0.980. The first-order valence-electron chi connectivity index (χ1n) is 6.11. The molecule has 0 radical (unpaired) electrons. The molecule has 2 nitrogen and oxygen atoms in total. The Labute approximate surface area is 127 Å². The predicted molar refractivity (Wildman–Crippen MR) is 83.5 cm³/mol. The second-order valence-electron chi connectivity index (χ2n) is 4.10. The van der Waals surface area contributed by atoms with Gasteiger partial charge in [-0.05, 0) is 38.2 Å². The van der Waals surface area contributed by atoms with E-state index in [1.165, 1.54) is 0 Å². The molecule has 0 aliphatic rings. The standard InChI is InChI=1S/C14H16ClNOS2/c1-10-11(2)17-14(16-10)19-9-5-8-18-13-7-4-3-6-12(13)15/h3-4,6-7H,5,8-9H2,1-2H3. The number of rotatable bonds is 6. The van der Waals surface area contributed by atoms with E-state index >= 15 is 0 Å². The Hall–Kier alpha value is -0.580. The number of aromatic nitrogens is 1. The lowest BCUT2D eigenvalue weighted by atomic mass is 10.4. The highest BCUT2D eigenvalue weighted by molar-refractivity contribution is 8.00. The highest BCUT2D eigenvalue weighted by Crippen LogP contribution is 2.28. The van der Waals surface area contributed by atoms with Crippen LogP contribution in [0.2, 0.25) is 5.02 Å². The van der Waals surface area contributed by atoms with Crippen molar-refractivity contribution in [3.05, 3.63) is 40.7 Å². The Morgan fingerprint density at radius 1 is 1.16 bits per heavy atom. The fourth-order valence-electron chi connectivity index (χ4n) is 1.47. The molecule has 0 fully saturated rings. The van der Waals surface area contributed by atoms with Crippen molar-refractivity contribution in [2.24, 2.45) is 0 Å². The summed E-state index contributed by atoms with van der Waals surface area (Å²) in [5, 5.41) is 1.61. The lowest BCUT2D eigenvalue weighted by Gasteiger charge is -2.02. The molecule has 0 aliphatic heterocycles. The van der Waals surface area contributed by atoms with Gasteiger partial charge in [-0.2, -0.15) is 0 Å². The van der Waals surface area contributed by atoms with E-state index in [9.17, 15) is 0 Å². The molecule has 102 valence electrons. The van der Waals surface area contributed by atoms with Crippen LogP contribution in [0.3, 0.4) is 0 Å². The maximum absolute atomic E-state index is 6.10. The molecule has 0 N–H and O–H groups in total. The number of oxazole rings is 1. The molecule has 0 saturated heterocycles. The Balaban J connectivity index is 1.69. The third kappa shape index (κ3) is 4.48. The minimum atomic E-state index is 0.776. The molecule has 0 aliphatic carbocycles. The van der Waals surface area contributed by atoms with Gasteiger partial charge in [-0.1, -0.05) is 35.5 Å². The topological polar surface area (TPSA) is 26.0 Å². The molecule has 5 heteroatoms. The molecule has 2 aromatic rings. The van der Waals surface area contributed by atoms with E-state index in [2.05, 4.69) is 11.1 Å². The zero-order chi connectivity index (χ0) is 13.7. The first kappa shape index (κ1) is 14.8. The van der Waals surface area contributed by atoms with Gasteiger partial charge in [0.1, 0.15) is 5.76 Å². The van der Waals surface area contributed by atoms with E-state index < -0.39 is 0 Å². The zero-order valence-electron chi connectivity index (χ0n) is 11.0. The Kier molecular flexibility index (Phi) is 5.67. The number of hydrogen-bond donors (Lipinski definition) is 0. The smallest absolute Gasteiger partial charge is 0.256 e. The monoisotopic (exact) mass is 313 g/mol. The van der Waals surface area contributed by atoms with Crippen molar-refractivity contribution in [3.63, 3.8) is 0 Å². The van der Waals surface area contributed by atoms with Gasteiger partial charge in [-0.25, -0.2) is 4.98 Å². The van der Waals surface area contributed by atoms with E-state index in [1.807, 2.05) is 32.0 Å². The van der Waals surface area contributed by atoms with Crippen LogP contribution >= 0.6 is 35.1 Å². The third-order valence-electron chi connectivity index (χ3n) is 2.62. The second-order valence-corrected chi connectivity index (χ2v) is 6.69. The molecule has 1 heterocycles. The zero-order valence-corrected chi connectivity index (χ0v) is 13.4. The highest BCUT2D eigenvalue weighted by atomic mass is 35.5. The van der Waals surface area contributed by atoms with Gasteiger partial charge in [-0.15, -0.1) is 11.8 Å². The summed E-state index contributed by atoms with van der Waals surface area (Å²) in [5.74, 6) is 2.97. The van der Waals surface area contributed by atoms with Gasteiger partial charge in [0.25, 0.3) is 5.22 Å². The molecular formula is C14H16ClNOS2. The molecule has 0 unspecified atom stereocenters. The Morgan fingerprint density at radius 2 is 1.89 bits per heavy atom. The predicted octanol–water partition coefficient (Wildman–Crippen LogP) is 5.22. The molecule has 2 rings (SSSR count). The van der Waals surface area contributed by atoms with Gasteiger partial charge in [-0.3, -0.25) is 0 Å². The SMILES string of the molecule is Cc1nc(SCCCSc2ccccc2Cl)oc1C. The number of thioether (sulfide) groups is 2. The van der Waals surface area contributed by atoms with Gasteiger partial charge in [0.05, 0.1) is 10.7 Å². The van der Waals surface area contributed by atoms with Crippen LogP contribution in [0.25, 0.3) is 0 Å². The Bertz CT molecular complexity index is 522. The van der Waals surface area contributed by atoms with Gasteiger partial charge in [0.15, 0.2) is 0 Å². The normalized spacial score (nSPS) is 10.9. The minimum absolute atomic E-state index is 0.776. The molecule has 0 spiro atoms. The largest absolute Gasteiger partial charge is 0.437 e. The first-order chi connectivity index (χ1) is 9.16. The minimum Gasteiger partial charge on any atom is -0.437 e. The van der Waals surface area contributed by atoms with Gasteiger partial charge < -0.3 is 4.42 Å². The second kappa shape index (κ2) is 7.27. The van der Waals surface area contributed by atoms with E-state index in [4.69, 9.17) is 16.0 Å². The van der Waals surface area contributed by atoms with Crippen molar-refractivity contribution in [1.82, 2.24) is 4.98 Å². The number of aryl methyl sites for hydroxylation is 2. The molecule has 0 saturated carbocycles. The summed E-state index contributed by atoms with van der Waals surface area (Å²) < 4.78 is 5.52. The van der Waals surface area contributed by atoms with Crippen LogP contribution in [0.5, 0.6) is 0 Å². The highest BCUT2D eigenvalue weighted by Gasteiger charge is 2.05. The lowest BCUT2D eigenvalue weighted by molar-refractivity contribution is 0.431. The quantitative estimate of drug-likeness (QED) is 0.539. The van der Waals surface area contributed by atoms with Crippen LogP contribution in [0.15, 0.2) is 38.8 Å². The summed E-state index contributed by atoms with van der Waals surface area (Å²) >= 11 is 9.57. The summed E-state index contributed by atoms with van der Waals surface area (Å²) in [6.45, 7) is 3.91. The van der Waals surface area contributed by atoms with Crippen LogP contribution in [-0.2, 0) is 0 Å². The number of hydrogen-bond acceptors (Lipinski definition) is 4. The van der Waals surface area contributed by atoms with E-state index in [0.29, 0.717) is 0 Å². The molecule has 1 aromatic heterocycles. The van der Waals surface area contributed by atoms with Crippen molar-refractivity contribution in [2.45, 2.75) is 30.4 Å². The number of benzene rings is 1. The molecule has 0 amide bonds. The molecule has 1 aromatic carbocycles. The van der Waals surface area contributed by atoms with Crippen molar-refractivity contribution < 1.29 is 4.42 Å². The van der Waals surface area contributed by atoms with Gasteiger partial charge >= 0.3 is 0 Å². The maximum Gasteiger partial charge on any atom is 0.256 e. The van der Waals surface area contributed by atoms with Gasteiger partial charge in [0, 0.05) is 10.6 Å². The third-order valence-corrected chi connectivity index (χ3v) is 5.13. The van der Waals surface area contributed by atoms with E-state index in [1.54, 1.807) is 23.5 Å². The number of halogens is 1. The van der Waals surface area contributed by atoms with Crippen LogP contribution in [0.1, 0.15) is 17.9 Å². The summed E-state index contributed by atoms with van der Waals surface area (Å²) in [4.78, 5) is 5.50. The maximum atomic E-state index is 6.10. The summed E-state index contributed by atoms with van der Waals surface area (Å²) in [7, 11) is 0. The van der Waals surface area contributed by atoms with E-state index in [0.717, 1.165) is 44.5 Å². The molecule has 19 heavy (non-hydrogen) atoms. The van der Waals surface area contributed by atoms with Crippen molar-refractivity contribution in [1.29, 1.82) is 0 Å². The van der Waals surface area contributed by atoms with Crippen molar-refractivity contribution in [2.75, 3.05) is 11.5 Å². The van der Waals surface area contributed by atoms with E-state index in [-0.39, 0.29) is 0 Å². The van der Waals surface area contributed by atoms with Crippen molar-refractivity contribution in [3.8, 4) is 0 Å². The fourth-order valence-corrected chi connectivity index (χ4v) is 3.69. The number of nitrogens with zero attached hydrogens (tertiary/aromatic N) is 1. The summed E-state index contributed by atoms with van der Waals surface area (Å²) in [6.07, 6.45) is 1.10. The molecular weight excluding hydrogens is 298 g/mol. The van der Waals surface area contributed by atoms with Crippen LogP contribution in [0, 0.1) is 13.8 Å². The lowest BCUT2D eigenvalue weighted by Crippen LogP contribution is -1.85. The average Bonchev–Trinajstić information content (AvgIpc) is 2.70. The molecule has 0 bridgehead atoms. The summed E-state index contributed by atoms with van der Waals surface area (Å²) in [6, 6.07) is 7.95. The first-order valence-corrected chi connectivity index (χ1v) is 8.46. The molecule has 0 atom stereocenters. The fraction of sp³-hybridized carbons (Fsp3) is 0.357. The van der Waals surface area contributed by atoms with Crippen LogP contribution < -0.4 is 0 Å². The van der Waals surface area contributed by atoms with Crippen LogP contribution in [0.4, 0.5) is 0 Å². The van der Waals surface area contributed by atoms with Gasteiger partial charge in [0.2, 0.25) is 0 Å². The van der Waals surface area contributed by atoms with Crippen LogP contribution in [-0.4, -0.2) is 16.5 Å². The Morgan fingerprint density at radius 3 is 2.58 bits per heavy atom.